The molecule has 1 aliphatic heterocycles. The van der Waals surface area contributed by atoms with E-state index in [0.717, 1.165) is 23.6 Å². The summed E-state index contributed by atoms with van der Waals surface area (Å²) in [5.74, 6) is 0.152. The van der Waals surface area contributed by atoms with Gasteiger partial charge in [-0.3, -0.25) is 9.69 Å². The van der Waals surface area contributed by atoms with Gasteiger partial charge in [0.2, 0.25) is 5.91 Å². The maximum atomic E-state index is 11.6. The second kappa shape index (κ2) is 7.25. The molecule has 2 atom stereocenters. The molecule has 1 amide bonds. The van der Waals surface area contributed by atoms with Crippen LogP contribution in [0.5, 0.6) is 0 Å². The van der Waals surface area contributed by atoms with Crippen molar-refractivity contribution in [1.82, 2.24) is 9.80 Å². The van der Waals surface area contributed by atoms with Gasteiger partial charge in [-0.1, -0.05) is 23.7 Å². The number of amides is 1. The van der Waals surface area contributed by atoms with Gasteiger partial charge < -0.3 is 10.0 Å². The number of carbonyl (C=O) groups excluding carboxylic acids is 1. The summed E-state index contributed by atoms with van der Waals surface area (Å²) in [4.78, 5) is 15.4. The molecule has 1 saturated heterocycles. The van der Waals surface area contributed by atoms with Crippen LogP contribution in [0, 0.1) is 0 Å². The third-order valence-corrected chi connectivity index (χ3v) is 4.33. The second-order valence-electron chi connectivity index (χ2n) is 5.77. The van der Waals surface area contributed by atoms with Gasteiger partial charge >= 0.3 is 0 Å². The van der Waals surface area contributed by atoms with Crippen LogP contribution in [0.15, 0.2) is 24.3 Å². The molecule has 116 valence electrons. The topological polar surface area (TPSA) is 43.8 Å². The highest BCUT2D eigenvalue weighted by molar-refractivity contribution is 6.30. The van der Waals surface area contributed by atoms with E-state index < -0.39 is 6.10 Å². The van der Waals surface area contributed by atoms with Crippen LogP contribution >= 0.6 is 11.6 Å². The molecular formula is C16H23ClN2O2. The third-order valence-electron chi connectivity index (χ3n) is 4.09. The van der Waals surface area contributed by atoms with Crippen LogP contribution in [-0.2, 0) is 4.79 Å². The number of halogens is 1. The zero-order chi connectivity index (χ0) is 15.4. The Kier molecular flexibility index (Phi) is 5.62. The van der Waals surface area contributed by atoms with Crippen LogP contribution in [0.4, 0.5) is 0 Å². The summed E-state index contributed by atoms with van der Waals surface area (Å²) in [5, 5.41) is 10.9. The number of likely N-dealkylation sites (tertiary alicyclic amines) is 1. The van der Waals surface area contributed by atoms with Crippen LogP contribution in [0.3, 0.4) is 0 Å². The lowest BCUT2D eigenvalue weighted by Crippen LogP contribution is -2.40. The highest BCUT2D eigenvalue weighted by Crippen LogP contribution is 2.22. The number of nitrogens with zero attached hydrogens (tertiary/aromatic N) is 2. The Hall–Kier alpha value is -1.10. The minimum absolute atomic E-state index is 0.152. The first-order valence-corrected chi connectivity index (χ1v) is 7.76. The predicted octanol–water partition coefficient (Wildman–Crippen LogP) is 2.32. The van der Waals surface area contributed by atoms with E-state index in [-0.39, 0.29) is 11.9 Å². The molecule has 1 heterocycles. The SMILES string of the molecule is CC(c1cccc(Cl)c1)N(C)CC(O)CN1CCCC1=O. The van der Waals surface area contributed by atoms with Crippen molar-refractivity contribution in [2.45, 2.75) is 31.9 Å². The van der Waals surface area contributed by atoms with Gasteiger partial charge in [0.05, 0.1) is 6.10 Å². The zero-order valence-electron chi connectivity index (χ0n) is 12.6. The highest BCUT2D eigenvalue weighted by Gasteiger charge is 2.24. The number of benzene rings is 1. The maximum Gasteiger partial charge on any atom is 0.222 e. The average molecular weight is 311 g/mol. The summed E-state index contributed by atoms with van der Waals surface area (Å²) < 4.78 is 0. The monoisotopic (exact) mass is 310 g/mol. The van der Waals surface area contributed by atoms with Crippen molar-refractivity contribution in [2.75, 3.05) is 26.7 Å². The molecule has 21 heavy (non-hydrogen) atoms. The Labute approximate surface area is 131 Å². The Bertz CT molecular complexity index is 495. The molecule has 0 saturated carbocycles. The van der Waals surface area contributed by atoms with E-state index in [1.165, 1.54) is 0 Å². The molecule has 2 unspecified atom stereocenters. The van der Waals surface area contributed by atoms with Gasteiger partial charge in [0.15, 0.2) is 0 Å². The lowest BCUT2D eigenvalue weighted by molar-refractivity contribution is -0.129. The Morgan fingerprint density at radius 1 is 1.48 bits per heavy atom. The highest BCUT2D eigenvalue weighted by atomic mass is 35.5. The van der Waals surface area contributed by atoms with Crippen molar-refractivity contribution < 1.29 is 9.90 Å². The van der Waals surface area contributed by atoms with Crippen molar-refractivity contribution in [3.05, 3.63) is 34.9 Å². The van der Waals surface area contributed by atoms with Crippen LogP contribution in [-0.4, -0.2) is 53.6 Å². The molecule has 0 aliphatic carbocycles. The molecule has 1 aromatic carbocycles. The van der Waals surface area contributed by atoms with E-state index in [1.807, 2.05) is 31.3 Å². The Morgan fingerprint density at radius 3 is 2.86 bits per heavy atom. The Balaban J connectivity index is 1.88. The zero-order valence-corrected chi connectivity index (χ0v) is 13.4. The van der Waals surface area contributed by atoms with Gasteiger partial charge in [-0.25, -0.2) is 0 Å². The number of aliphatic hydroxyl groups excluding tert-OH is 1. The molecule has 5 heteroatoms. The van der Waals surface area contributed by atoms with E-state index in [2.05, 4.69) is 11.8 Å². The predicted molar refractivity (Wildman–Crippen MR) is 84.3 cm³/mol. The largest absolute Gasteiger partial charge is 0.390 e. The summed E-state index contributed by atoms with van der Waals surface area (Å²) in [6.45, 7) is 3.80. The molecule has 0 radical (unpaired) electrons. The Morgan fingerprint density at radius 2 is 2.24 bits per heavy atom. The van der Waals surface area contributed by atoms with Crippen LogP contribution in [0.25, 0.3) is 0 Å². The summed E-state index contributed by atoms with van der Waals surface area (Å²) in [5.41, 5.74) is 1.12. The van der Waals surface area contributed by atoms with Gasteiger partial charge in [-0.05, 0) is 38.1 Å². The van der Waals surface area contributed by atoms with Crippen molar-refractivity contribution >= 4 is 17.5 Å². The normalized spacial score (nSPS) is 18.3. The van der Waals surface area contributed by atoms with Gasteiger partial charge in [-0.2, -0.15) is 0 Å². The molecule has 1 N–H and O–H groups in total. The van der Waals surface area contributed by atoms with Gasteiger partial charge in [0, 0.05) is 37.1 Å². The van der Waals surface area contributed by atoms with E-state index >= 15 is 0 Å². The number of hydrogen-bond donors (Lipinski definition) is 1. The summed E-state index contributed by atoms with van der Waals surface area (Å²) in [6, 6.07) is 7.92. The first kappa shape index (κ1) is 16.3. The summed E-state index contributed by atoms with van der Waals surface area (Å²) in [6.07, 6.45) is 0.987. The number of carbonyl (C=O) groups is 1. The fourth-order valence-corrected chi connectivity index (χ4v) is 2.92. The maximum absolute atomic E-state index is 11.6. The average Bonchev–Trinajstić information content (AvgIpc) is 2.83. The van der Waals surface area contributed by atoms with E-state index in [1.54, 1.807) is 4.90 Å². The molecular weight excluding hydrogens is 288 g/mol. The van der Waals surface area contributed by atoms with Crippen molar-refractivity contribution in [2.24, 2.45) is 0 Å². The van der Waals surface area contributed by atoms with E-state index in [9.17, 15) is 9.90 Å². The number of hydrogen-bond acceptors (Lipinski definition) is 3. The van der Waals surface area contributed by atoms with E-state index in [4.69, 9.17) is 11.6 Å². The molecule has 1 aromatic rings. The van der Waals surface area contributed by atoms with Crippen LogP contribution < -0.4 is 0 Å². The number of rotatable bonds is 6. The van der Waals surface area contributed by atoms with Crippen molar-refractivity contribution in [1.29, 1.82) is 0 Å². The summed E-state index contributed by atoms with van der Waals surface area (Å²) in [7, 11) is 1.97. The van der Waals surface area contributed by atoms with Crippen LogP contribution in [0.2, 0.25) is 5.02 Å². The molecule has 4 nitrogen and oxygen atoms in total. The lowest BCUT2D eigenvalue weighted by Gasteiger charge is -2.29. The molecule has 1 aliphatic rings. The first-order chi connectivity index (χ1) is 9.97. The molecule has 0 spiro atoms. The second-order valence-corrected chi connectivity index (χ2v) is 6.20. The summed E-state index contributed by atoms with van der Waals surface area (Å²) >= 11 is 6.02. The third kappa shape index (κ3) is 4.43. The molecule has 0 bridgehead atoms. The quantitative estimate of drug-likeness (QED) is 0.877. The number of aliphatic hydroxyl groups is 1. The molecule has 1 fully saturated rings. The smallest absolute Gasteiger partial charge is 0.222 e. The minimum atomic E-state index is -0.529. The fourth-order valence-electron chi connectivity index (χ4n) is 2.72. The lowest BCUT2D eigenvalue weighted by atomic mass is 10.1. The molecule has 2 rings (SSSR count). The fraction of sp³-hybridized carbons (Fsp3) is 0.562. The van der Waals surface area contributed by atoms with E-state index in [0.29, 0.717) is 19.5 Å². The molecule has 0 aromatic heterocycles. The number of likely N-dealkylation sites (N-methyl/N-ethyl adjacent to an activating group) is 1. The van der Waals surface area contributed by atoms with Gasteiger partial charge in [-0.15, -0.1) is 0 Å². The van der Waals surface area contributed by atoms with Gasteiger partial charge in [0.25, 0.3) is 0 Å². The van der Waals surface area contributed by atoms with Crippen molar-refractivity contribution in [3.63, 3.8) is 0 Å². The van der Waals surface area contributed by atoms with Gasteiger partial charge in [0.1, 0.15) is 0 Å². The number of β-amino-alcohol motifs (C(OH)–C–C–N with tert-alkyl or cyclic N) is 1. The van der Waals surface area contributed by atoms with Crippen LogP contribution in [0.1, 0.15) is 31.4 Å². The van der Waals surface area contributed by atoms with Crippen molar-refractivity contribution in [3.8, 4) is 0 Å². The minimum Gasteiger partial charge on any atom is -0.390 e. The standard InChI is InChI=1S/C16H23ClN2O2/c1-12(13-5-3-6-14(17)9-13)18(2)10-15(20)11-19-8-4-7-16(19)21/h3,5-6,9,12,15,20H,4,7-8,10-11H2,1-2H3. The first-order valence-electron chi connectivity index (χ1n) is 7.39.